The molecule has 0 atom stereocenters. The SMILES string of the molecule is CCB(/C(CC)=[C](/CN(C)C)[Sn]([CH3])([CH3])[CH2]C)n1cccc1. The first kappa shape index (κ1) is 18.9. The van der Waals surface area contributed by atoms with Gasteiger partial charge in [0.05, 0.1) is 0 Å². The van der Waals surface area contributed by atoms with E-state index < -0.39 is 18.4 Å². The van der Waals surface area contributed by atoms with E-state index in [1.807, 2.05) is 3.59 Å². The van der Waals surface area contributed by atoms with Gasteiger partial charge in [0.25, 0.3) is 0 Å². The van der Waals surface area contributed by atoms with E-state index in [4.69, 9.17) is 0 Å². The Bertz CT molecular complexity index is 449. The summed E-state index contributed by atoms with van der Waals surface area (Å²) >= 11 is -2.13. The maximum atomic E-state index is 2.60. The fraction of sp³-hybridized carbons (Fsp3) is 0.647. The van der Waals surface area contributed by atoms with Crippen LogP contribution in [0.2, 0.25) is 20.6 Å². The van der Waals surface area contributed by atoms with Crippen LogP contribution in [0.3, 0.4) is 0 Å². The Labute approximate surface area is 136 Å². The zero-order valence-electron chi connectivity index (χ0n) is 15.1. The topological polar surface area (TPSA) is 8.17 Å². The van der Waals surface area contributed by atoms with Crippen LogP contribution in [0.5, 0.6) is 0 Å². The van der Waals surface area contributed by atoms with Crippen LogP contribution >= 0.6 is 0 Å². The minimum atomic E-state index is -2.13. The molecule has 0 aliphatic carbocycles. The summed E-state index contributed by atoms with van der Waals surface area (Å²) in [4.78, 5) is 7.57. The van der Waals surface area contributed by atoms with Gasteiger partial charge in [0.15, 0.2) is 0 Å². The van der Waals surface area contributed by atoms with Crippen LogP contribution in [-0.4, -0.2) is 55.2 Å². The second kappa shape index (κ2) is 8.47. The molecule has 0 saturated carbocycles. The summed E-state index contributed by atoms with van der Waals surface area (Å²) in [6.07, 6.45) is 6.82. The third kappa shape index (κ3) is 4.92. The molecule has 0 aliphatic rings. The molecule has 0 aliphatic heterocycles. The Balaban J connectivity index is 3.36. The van der Waals surface area contributed by atoms with Crippen molar-refractivity contribution in [1.29, 1.82) is 0 Å². The van der Waals surface area contributed by atoms with E-state index in [-0.39, 0.29) is 0 Å². The second-order valence-corrected chi connectivity index (χ2v) is 21.4. The summed E-state index contributed by atoms with van der Waals surface area (Å²) in [5.74, 6) is 0. The van der Waals surface area contributed by atoms with Gasteiger partial charge < -0.3 is 0 Å². The van der Waals surface area contributed by atoms with Crippen LogP contribution < -0.4 is 0 Å². The van der Waals surface area contributed by atoms with Crippen molar-refractivity contribution in [1.82, 2.24) is 9.38 Å². The van der Waals surface area contributed by atoms with Gasteiger partial charge in [-0.1, -0.05) is 0 Å². The fourth-order valence-electron chi connectivity index (χ4n) is 3.12. The molecule has 0 aromatic carbocycles. The van der Waals surface area contributed by atoms with E-state index in [9.17, 15) is 0 Å². The number of rotatable bonds is 8. The number of hydrogen-bond acceptors (Lipinski definition) is 1. The molecule has 118 valence electrons. The number of likely N-dealkylation sites (N-methyl/N-ethyl adjacent to an activating group) is 1. The van der Waals surface area contributed by atoms with Crippen molar-refractivity contribution in [2.24, 2.45) is 0 Å². The van der Waals surface area contributed by atoms with E-state index in [0.29, 0.717) is 6.85 Å². The van der Waals surface area contributed by atoms with Crippen LogP contribution in [0.15, 0.2) is 33.6 Å². The monoisotopic (exact) mass is 396 g/mol. The molecule has 1 aromatic rings. The van der Waals surface area contributed by atoms with E-state index in [1.165, 1.54) is 17.2 Å². The third-order valence-electron chi connectivity index (χ3n) is 4.72. The van der Waals surface area contributed by atoms with Crippen molar-refractivity contribution in [2.45, 2.75) is 47.8 Å². The van der Waals surface area contributed by atoms with E-state index in [2.05, 4.69) is 78.7 Å². The molecule has 0 unspecified atom stereocenters. The summed E-state index contributed by atoms with van der Waals surface area (Å²) in [6, 6.07) is 4.30. The quantitative estimate of drug-likeness (QED) is 0.592. The predicted octanol–water partition coefficient (Wildman–Crippen LogP) is 4.42. The fourth-order valence-corrected chi connectivity index (χ4v) is 9.93. The van der Waals surface area contributed by atoms with Crippen molar-refractivity contribution in [3.05, 3.63) is 33.6 Å². The molecule has 2 nitrogen and oxygen atoms in total. The van der Waals surface area contributed by atoms with Gasteiger partial charge >= 0.3 is 137 Å². The molecule has 1 heterocycles. The van der Waals surface area contributed by atoms with Crippen molar-refractivity contribution < 1.29 is 0 Å². The number of allylic oxidation sites excluding steroid dienone is 1. The first-order valence-electron chi connectivity index (χ1n) is 8.36. The van der Waals surface area contributed by atoms with E-state index in [0.717, 1.165) is 6.54 Å². The molecule has 4 heteroatoms. The van der Waals surface area contributed by atoms with Crippen LogP contribution in [0, 0.1) is 0 Å². The van der Waals surface area contributed by atoms with E-state index in [1.54, 1.807) is 5.47 Å². The van der Waals surface area contributed by atoms with Gasteiger partial charge in [-0.3, -0.25) is 0 Å². The molecule has 21 heavy (non-hydrogen) atoms. The molecule has 0 saturated heterocycles. The third-order valence-corrected chi connectivity index (χ3v) is 15.8. The van der Waals surface area contributed by atoms with E-state index >= 15 is 0 Å². The maximum absolute atomic E-state index is 2.60. The van der Waals surface area contributed by atoms with Gasteiger partial charge in [0, 0.05) is 0 Å². The average Bonchev–Trinajstić information content (AvgIpc) is 2.96. The van der Waals surface area contributed by atoms with Crippen LogP contribution in [0.4, 0.5) is 0 Å². The zero-order valence-corrected chi connectivity index (χ0v) is 18.0. The molecule has 0 spiro atoms. The normalized spacial score (nSPS) is 13.5. The van der Waals surface area contributed by atoms with Gasteiger partial charge in [-0.05, 0) is 0 Å². The minimum absolute atomic E-state index is 0.544. The molecule has 1 aromatic heterocycles. The molecule has 0 radical (unpaired) electrons. The molecule has 0 bridgehead atoms. The summed E-state index contributed by atoms with van der Waals surface area (Å²) in [7, 11) is 4.42. The Hall–Kier alpha value is -0.156. The predicted molar refractivity (Wildman–Crippen MR) is 99.9 cm³/mol. The van der Waals surface area contributed by atoms with Gasteiger partial charge in [0.1, 0.15) is 0 Å². The molecular weight excluding hydrogens is 362 g/mol. The van der Waals surface area contributed by atoms with Gasteiger partial charge in [-0.25, -0.2) is 0 Å². The molecule has 0 amide bonds. The summed E-state index contributed by atoms with van der Waals surface area (Å²) in [5, 5.41) is 0. The molecule has 0 N–H and O–H groups in total. The Kier molecular flexibility index (Phi) is 7.62. The standard InChI is InChI=1S/C13H22BN2.C2H5.2CH3.Sn/c1-5-13(9-12-15(3)4)14(6-2)16-10-7-8-11-16;1-2;;;/h7-8,10-11H,5-6,12H2,1-4H3;1H2,2H3;2*1H3;. The molecule has 0 fully saturated rings. The number of aromatic nitrogens is 1. The zero-order chi connectivity index (χ0) is 16.0. The Morgan fingerprint density at radius 2 is 1.67 bits per heavy atom. The second-order valence-electron chi connectivity index (χ2n) is 6.89. The van der Waals surface area contributed by atoms with Crippen LogP contribution in [-0.2, 0) is 0 Å². The van der Waals surface area contributed by atoms with Crippen LogP contribution in [0.1, 0.15) is 27.2 Å². The summed E-state index contributed by atoms with van der Waals surface area (Å²) in [6.45, 7) is 8.76. The molecule has 1 rings (SSSR count). The average molecular weight is 395 g/mol. The van der Waals surface area contributed by atoms with Crippen molar-refractivity contribution >= 4 is 25.2 Å². The number of hydrogen-bond donors (Lipinski definition) is 0. The van der Waals surface area contributed by atoms with Crippen molar-refractivity contribution in [3.8, 4) is 0 Å². The summed E-state index contributed by atoms with van der Waals surface area (Å²) in [5.41, 5.74) is 1.71. The van der Waals surface area contributed by atoms with Gasteiger partial charge in [0.2, 0.25) is 0 Å². The molecular formula is C17H33BN2Sn. The van der Waals surface area contributed by atoms with Gasteiger partial charge in [-0.15, -0.1) is 0 Å². The Morgan fingerprint density at radius 3 is 2.05 bits per heavy atom. The van der Waals surface area contributed by atoms with Gasteiger partial charge in [-0.2, -0.15) is 0 Å². The van der Waals surface area contributed by atoms with Crippen molar-refractivity contribution in [2.75, 3.05) is 20.6 Å². The summed E-state index contributed by atoms with van der Waals surface area (Å²) < 4.78 is 5.63. The number of nitrogens with zero attached hydrogens (tertiary/aromatic N) is 2. The van der Waals surface area contributed by atoms with Crippen LogP contribution in [0.25, 0.3) is 0 Å². The Morgan fingerprint density at radius 1 is 1.10 bits per heavy atom. The first-order valence-corrected chi connectivity index (χ1v) is 17.5. The first-order chi connectivity index (χ1) is 9.87. The van der Waals surface area contributed by atoms with Crippen molar-refractivity contribution in [3.63, 3.8) is 0 Å².